The van der Waals surface area contributed by atoms with Gasteiger partial charge < -0.3 is 15.3 Å². The van der Waals surface area contributed by atoms with Crippen LogP contribution in [0.15, 0.2) is 0 Å². The van der Waals surface area contributed by atoms with Gasteiger partial charge in [-0.3, -0.25) is 14.4 Å². The van der Waals surface area contributed by atoms with Gasteiger partial charge in [-0.05, 0) is 19.8 Å². The molecule has 0 aliphatic carbocycles. The van der Waals surface area contributed by atoms with Gasteiger partial charge in [-0.1, -0.05) is 0 Å². The topological polar surface area (TPSA) is 86.7 Å². The van der Waals surface area contributed by atoms with E-state index in [1.54, 1.807) is 21.0 Å². The molecule has 2 N–H and O–H groups in total. The number of hydrogen-bond donors (Lipinski definition) is 2. The van der Waals surface area contributed by atoms with E-state index < -0.39 is 5.97 Å². The molecule has 0 radical (unpaired) electrons. The predicted octanol–water partition coefficient (Wildman–Crippen LogP) is 0.614. The van der Waals surface area contributed by atoms with Gasteiger partial charge in [0.05, 0.1) is 0 Å². The lowest BCUT2D eigenvalue weighted by molar-refractivity contribution is -0.137. The molecule has 0 saturated heterocycles. The normalized spacial score (nSPS) is 11.7. The second-order valence-electron chi connectivity index (χ2n) is 4.54. The Bertz CT molecular complexity index is 302. The summed E-state index contributed by atoms with van der Waals surface area (Å²) in [5.74, 6) is -1.01. The Kier molecular flexibility index (Phi) is 7.74. The van der Waals surface area contributed by atoms with Gasteiger partial charge in [0, 0.05) is 39.4 Å². The van der Waals surface area contributed by atoms with Crippen LogP contribution in [0.2, 0.25) is 0 Å². The standard InChI is InChI=1S/C12H22N2O4/c1-9(7-8-12(17)18)13-10(15)5-4-6-11(16)14(2)3/h9H,4-8H2,1-3H3,(H,13,15)(H,17,18). The Morgan fingerprint density at radius 3 is 2.28 bits per heavy atom. The number of carbonyl (C=O) groups excluding carboxylic acids is 2. The average Bonchev–Trinajstić information content (AvgIpc) is 2.25. The Morgan fingerprint density at radius 2 is 1.78 bits per heavy atom. The quantitative estimate of drug-likeness (QED) is 0.668. The molecule has 6 heteroatoms. The van der Waals surface area contributed by atoms with Crippen LogP contribution >= 0.6 is 0 Å². The number of carboxylic acids is 1. The predicted molar refractivity (Wildman–Crippen MR) is 67.0 cm³/mol. The maximum absolute atomic E-state index is 11.5. The van der Waals surface area contributed by atoms with Crippen molar-refractivity contribution in [3.63, 3.8) is 0 Å². The lowest BCUT2D eigenvalue weighted by Crippen LogP contribution is -2.33. The molecule has 1 atom stereocenters. The van der Waals surface area contributed by atoms with Crippen molar-refractivity contribution in [2.45, 2.75) is 45.1 Å². The van der Waals surface area contributed by atoms with Crippen LogP contribution in [-0.4, -0.2) is 47.9 Å². The summed E-state index contributed by atoms with van der Waals surface area (Å²) in [6, 6.07) is -0.154. The van der Waals surface area contributed by atoms with Gasteiger partial charge in [0.1, 0.15) is 0 Å². The smallest absolute Gasteiger partial charge is 0.303 e. The lowest BCUT2D eigenvalue weighted by Gasteiger charge is -2.13. The summed E-state index contributed by atoms with van der Waals surface area (Å²) >= 11 is 0. The monoisotopic (exact) mass is 258 g/mol. The number of carboxylic acid groups (broad SMARTS) is 1. The van der Waals surface area contributed by atoms with Gasteiger partial charge >= 0.3 is 5.97 Å². The first-order chi connectivity index (χ1) is 8.32. The van der Waals surface area contributed by atoms with Crippen LogP contribution in [0.1, 0.15) is 39.0 Å². The number of hydrogen-bond acceptors (Lipinski definition) is 3. The number of amides is 2. The summed E-state index contributed by atoms with van der Waals surface area (Å²) in [6.07, 6.45) is 1.60. The third-order valence-corrected chi connectivity index (χ3v) is 2.49. The second-order valence-corrected chi connectivity index (χ2v) is 4.54. The second kappa shape index (κ2) is 8.49. The van der Waals surface area contributed by atoms with Crippen LogP contribution in [-0.2, 0) is 14.4 Å². The van der Waals surface area contributed by atoms with E-state index in [2.05, 4.69) is 5.32 Å². The first kappa shape index (κ1) is 16.4. The van der Waals surface area contributed by atoms with Crippen molar-refractivity contribution in [1.82, 2.24) is 10.2 Å². The zero-order valence-corrected chi connectivity index (χ0v) is 11.2. The fourth-order valence-electron chi connectivity index (χ4n) is 1.38. The molecule has 0 bridgehead atoms. The van der Waals surface area contributed by atoms with Crippen LogP contribution in [0.25, 0.3) is 0 Å². The number of nitrogens with zero attached hydrogens (tertiary/aromatic N) is 1. The van der Waals surface area contributed by atoms with Crippen LogP contribution in [0.3, 0.4) is 0 Å². The fourth-order valence-corrected chi connectivity index (χ4v) is 1.38. The molecule has 1 unspecified atom stereocenters. The van der Waals surface area contributed by atoms with Gasteiger partial charge in [0.2, 0.25) is 11.8 Å². The molecular formula is C12H22N2O4. The molecule has 0 aromatic carbocycles. The molecule has 104 valence electrons. The minimum Gasteiger partial charge on any atom is -0.481 e. The van der Waals surface area contributed by atoms with Gasteiger partial charge in [0.15, 0.2) is 0 Å². The molecule has 0 aromatic heterocycles. The zero-order valence-electron chi connectivity index (χ0n) is 11.2. The third kappa shape index (κ3) is 8.55. The summed E-state index contributed by atoms with van der Waals surface area (Å²) in [6.45, 7) is 1.77. The Hall–Kier alpha value is -1.59. The summed E-state index contributed by atoms with van der Waals surface area (Å²) in [4.78, 5) is 34.6. The molecule has 2 amide bonds. The highest BCUT2D eigenvalue weighted by molar-refractivity contribution is 5.78. The van der Waals surface area contributed by atoms with Gasteiger partial charge in [-0.25, -0.2) is 0 Å². The van der Waals surface area contributed by atoms with Crippen molar-refractivity contribution in [2.24, 2.45) is 0 Å². The lowest BCUT2D eigenvalue weighted by atomic mass is 10.1. The van der Waals surface area contributed by atoms with E-state index in [-0.39, 0.29) is 30.7 Å². The molecule has 0 aromatic rings. The molecular weight excluding hydrogens is 236 g/mol. The molecule has 0 saturated carbocycles. The maximum atomic E-state index is 11.5. The van der Waals surface area contributed by atoms with E-state index in [0.29, 0.717) is 19.3 Å². The van der Waals surface area contributed by atoms with Gasteiger partial charge in [-0.2, -0.15) is 0 Å². The Balaban J connectivity index is 3.71. The highest BCUT2D eigenvalue weighted by Gasteiger charge is 2.10. The van der Waals surface area contributed by atoms with Crippen molar-refractivity contribution in [3.8, 4) is 0 Å². The van der Waals surface area contributed by atoms with Crippen molar-refractivity contribution < 1.29 is 19.5 Å². The Morgan fingerprint density at radius 1 is 1.17 bits per heavy atom. The van der Waals surface area contributed by atoms with E-state index >= 15 is 0 Å². The largest absolute Gasteiger partial charge is 0.481 e. The number of nitrogens with one attached hydrogen (secondary N) is 1. The average molecular weight is 258 g/mol. The molecule has 0 aliphatic heterocycles. The molecule has 0 fully saturated rings. The highest BCUT2D eigenvalue weighted by Crippen LogP contribution is 2.01. The minimum absolute atomic E-state index is 0.00160. The van der Waals surface area contributed by atoms with Crippen molar-refractivity contribution in [1.29, 1.82) is 0 Å². The number of aliphatic carboxylic acids is 1. The Labute approximate surface area is 107 Å². The highest BCUT2D eigenvalue weighted by atomic mass is 16.4. The van der Waals surface area contributed by atoms with E-state index in [4.69, 9.17) is 5.11 Å². The molecule has 18 heavy (non-hydrogen) atoms. The zero-order chi connectivity index (χ0) is 14.1. The summed E-state index contributed by atoms with van der Waals surface area (Å²) in [7, 11) is 3.35. The molecule has 0 aliphatic rings. The molecule has 0 heterocycles. The first-order valence-corrected chi connectivity index (χ1v) is 6.04. The van der Waals surface area contributed by atoms with Gasteiger partial charge in [0.25, 0.3) is 0 Å². The van der Waals surface area contributed by atoms with Gasteiger partial charge in [-0.15, -0.1) is 0 Å². The maximum Gasteiger partial charge on any atom is 0.303 e. The van der Waals surface area contributed by atoms with Crippen molar-refractivity contribution in [2.75, 3.05) is 14.1 Å². The molecule has 6 nitrogen and oxygen atoms in total. The van der Waals surface area contributed by atoms with Crippen LogP contribution < -0.4 is 5.32 Å². The number of carbonyl (C=O) groups is 3. The number of rotatable bonds is 8. The van der Waals surface area contributed by atoms with E-state index in [9.17, 15) is 14.4 Å². The molecule has 0 rings (SSSR count). The van der Waals surface area contributed by atoms with E-state index in [1.165, 1.54) is 4.90 Å². The molecule has 0 spiro atoms. The van der Waals surface area contributed by atoms with Crippen LogP contribution in [0.4, 0.5) is 0 Å². The minimum atomic E-state index is -0.868. The first-order valence-electron chi connectivity index (χ1n) is 6.04. The van der Waals surface area contributed by atoms with Crippen molar-refractivity contribution in [3.05, 3.63) is 0 Å². The van der Waals surface area contributed by atoms with Crippen LogP contribution in [0.5, 0.6) is 0 Å². The van der Waals surface area contributed by atoms with E-state index in [1.807, 2.05) is 0 Å². The fraction of sp³-hybridized carbons (Fsp3) is 0.750. The van der Waals surface area contributed by atoms with Crippen LogP contribution in [0, 0.1) is 0 Å². The summed E-state index contributed by atoms with van der Waals surface area (Å²) in [5.41, 5.74) is 0. The SMILES string of the molecule is CC(CCC(=O)O)NC(=O)CCCC(=O)N(C)C. The van der Waals surface area contributed by atoms with Crippen molar-refractivity contribution >= 4 is 17.8 Å². The summed E-state index contributed by atoms with van der Waals surface area (Å²) in [5, 5.41) is 11.2. The van der Waals surface area contributed by atoms with E-state index in [0.717, 1.165) is 0 Å². The summed E-state index contributed by atoms with van der Waals surface area (Å²) < 4.78 is 0. The third-order valence-electron chi connectivity index (χ3n) is 2.49.